The number of alkyl halides is 3. The average Bonchev–Trinajstić information content (AvgIpc) is 2.83. The summed E-state index contributed by atoms with van der Waals surface area (Å²) in [6.07, 6.45) is 3.02. The molecule has 2 bridgehead atoms. The highest BCUT2D eigenvalue weighted by molar-refractivity contribution is 5.89. The summed E-state index contributed by atoms with van der Waals surface area (Å²) in [5.41, 5.74) is 0.154. The first kappa shape index (κ1) is 26.3. The minimum absolute atomic E-state index is 0.0655. The fourth-order valence-electron chi connectivity index (χ4n) is 7.04. The topological polar surface area (TPSA) is 49.8 Å². The highest BCUT2D eigenvalue weighted by atomic mass is 19.4. The molecule has 3 aliphatic rings. The normalized spacial score (nSPS) is 29.0. The van der Waals surface area contributed by atoms with Gasteiger partial charge >= 0.3 is 12.1 Å². The van der Waals surface area contributed by atoms with Gasteiger partial charge in [-0.1, -0.05) is 38.5 Å². The van der Waals surface area contributed by atoms with Crippen LogP contribution in [0, 0.1) is 17.8 Å². The molecule has 0 aromatic heterocycles. The predicted octanol–water partition coefficient (Wildman–Crippen LogP) is 7.67. The number of hydrogen-bond donors (Lipinski definition) is 1. The van der Waals surface area contributed by atoms with Gasteiger partial charge in [0.15, 0.2) is 0 Å². The first-order valence-corrected chi connectivity index (χ1v) is 13.9. The Morgan fingerprint density at radius 2 is 1.68 bits per heavy atom. The van der Waals surface area contributed by atoms with Crippen molar-refractivity contribution >= 4 is 16.7 Å². The largest absolute Gasteiger partial charge is 0.490 e. The minimum atomic E-state index is -4.53. The summed E-state index contributed by atoms with van der Waals surface area (Å²) < 4.78 is 49.4. The van der Waals surface area contributed by atoms with E-state index in [-0.39, 0.29) is 35.2 Å². The van der Waals surface area contributed by atoms with E-state index >= 15 is 0 Å². The number of fused-ring (bicyclic) bond motifs is 3. The van der Waals surface area contributed by atoms with Gasteiger partial charge in [0.2, 0.25) is 0 Å². The van der Waals surface area contributed by atoms with Crippen LogP contribution in [0.5, 0.6) is 5.75 Å². The Kier molecular flexibility index (Phi) is 7.45. The van der Waals surface area contributed by atoms with E-state index in [9.17, 15) is 23.1 Å². The molecule has 2 aliphatic heterocycles. The van der Waals surface area contributed by atoms with Gasteiger partial charge < -0.3 is 9.84 Å². The molecule has 0 spiro atoms. The summed E-state index contributed by atoms with van der Waals surface area (Å²) >= 11 is 0. The Balaban J connectivity index is 1.41. The molecule has 2 aromatic carbocycles. The lowest BCUT2D eigenvalue weighted by molar-refractivity contribution is -0.146. The Morgan fingerprint density at radius 1 is 1.03 bits per heavy atom. The number of nitrogens with zero attached hydrogens (tertiary/aromatic N) is 1. The molecule has 1 aliphatic carbocycles. The molecule has 1 saturated carbocycles. The lowest BCUT2D eigenvalue weighted by Gasteiger charge is -2.48. The Hall–Kier alpha value is -2.28. The Bertz CT molecular complexity index is 1110. The van der Waals surface area contributed by atoms with Crippen LogP contribution in [-0.4, -0.2) is 34.2 Å². The molecule has 7 heteroatoms. The molecule has 5 rings (SSSR count). The van der Waals surface area contributed by atoms with Crippen LogP contribution < -0.4 is 4.74 Å². The van der Waals surface area contributed by atoms with Gasteiger partial charge in [-0.2, -0.15) is 13.2 Å². The molecule has 2 heterocycles. The van der Waals surface area contributed by atoms with E-state index in [1.54, 1.807) is 18.2 Å². The molecule has 0 radical (unpaired) electrons. The third kappa shape index (κ3) is 5.62. The predicted molar refractivity (Wildman–Crippen MR) is 137 cm³/mol. The maximum Gasteiger partial charge on any atom is 0.420 e. The van der Waals surface area contributed by atoms with Crippen molar-refractivity contribution in [3.8, 4) is 5.75 Å². The van der Waals surface area contributed by atoms with Gasteiger partial charge in [-0.3, -0.25) is 9.69 Å². The highest BCUT2D eigenvalue weighted by Crippen LogP contribution is 2.44. The molecular formula is C30H38F3NO3. The maximum absolute atomic E-state index is 14.5. The van der Waals surface area contributed by atoms with E-state index in [0.29, 0.717) is 36.6 Å². The van der Waals surface area contributed by atoms with E-state index in [1.807, 2.05) is 6.07 Å². The summed E-state index contributed by atoms with van der Waals surface area (Å²) in [6, 6.07) is 8.92. The zero-order valence-corrected chi connectivity index (χ0v) is 21.8. The zero-order chi connectivity index (χ0) is 26.3. The second-order valence-corrected chi connectivity index (χ2v) is 11.8. The molecular weight excluding hydrogens is 479 g/mol. The van der Waals surface area contributed by atoms with Crippen LogP contribution in [-0.2, 0) is 17.5 Å². The number of benzene rings is 2. The van der Waals surface area contributed by atoms with Gasteiger partial charge in [0.1, 0.15) is 11.3 Å². The summed E-state index contributed by atoms with van der Waals surface area (Å²) in [5.74, 6) is 0.0725. The first-order chi connectivity index (χ1) is 17.6. The van der Waals surface area contributed by atoms with Crippen molar-refractivity contribution in [1.29, 1.82) is 0 Å². The van der Waals surface area contributed by atoms with Gasteiger partial charge in [-0.15, -0.1) is 0 Å². The molecule has 1 N–H and O–H groups in total. The number of aliphatic carboxylic acids is 1. The van der Waals surface area contributed by atoms with Crippen molar-refractivity contribution in [2.45, 2.75) is 103 Å². The SMILES string of the molecule is CC(C)[C@H]1CC[C@@H](Oc2ccc3ccc(CN4C5CCCC4CC(C(=O)O)C5)cc3c2C(F)(F)F)CC1. The first-order valence-electron chi connectivity index (χ1n) is 13.9. The second kappa shape index (κ2) is 10.5. The average molecular weight is 518 g/mol. The standard InChI is InChI=1S/C30H38F3NO3/c1-18(2)20-8-11-25(12-9-20)37-27-13-10-21-7-6-19(14-26(21)28(27)30(31,32)33)17-34-23-4-3-5-24(34)16-22(15-23)29(35)36/h6-7,10,13-14,18,20,22-25H,3-5,8-9,11-12,15-17H2,1-2H3,(H,35,36)/t20-,22?,23?,24?,25+. The van der Waals surface area contributed by atoms with E-state index in [1.165, 1.54) is 6.07 Å². The van der Waals surface area contributed by atoms with Crippen LogP contribution in [0.1, 0.15) is 82.8 Å². The monoisotopic (exact) mass is 517 g/mol. The van der Waals surface area contributed by atoms with Gasteiger partial charge in [-0.05, 0) is 91.7 Å². The Labute approximate surface area is 217 Å². The number of carbonyl (C=O) groups is 1. The summed E-state index contributed by atoms with van der Waals surface area (Å²) in [4.78, 5) is 14.0. The number of piperidine rings is 2. The van der Waals surface area contributed by atoms with Crippen molar-refractivity contribution < 1.29 is 27.8 Å². The minimum Gasteiger partial charge on any atom is -0.490 e. The molecule has 4 nitrogen and oxygen atoms in total. The summed E-state index contributed by atoms with van der Waals surface area (Å²) in [5, 5.41) is 10.3. The maximum atomic E-state index is 14.5. The third-order valence-corrected chi connectivity index (χ3v) is 9.13. The number of hydrogen-bond acceptors (Lipinski definition) is 3. The molecule has 0 amide bonds. The fraction of sp³-hybridized carbons (Fsp3) is 0.633. The van der Waals surface area contributed by atoms with Gasteiger partial charge in [0.25, 0.3) is 0 Å². The number of carboxylic acid groups (broad SMARTS) is 1. The smallest absolute Gasteiger partial charge is 0.420 e. The van der Waals surface area contributed by atoms with Crippen LogP contribution >= 0.6 is 0 Å². The number of ether oxygens (including phenoxy) is 1. The van der Waals surface area contributed by atoms with Gasteiger partial charge in [0, 0.05) is 18.6 Å². The molecule has 2 unspecified atom stereocenters. The molecule has 2 atom stereocenters. The van der Waals surface area contributed by atoms with E-state index in [4.69, 9.17) is 4.74 Å². The quantitative estimate of drug-likeness (QED) is 0.427. The zero-order valence-electron chi connectivity index (χ0n) is 21.8. The van der Waals surface area contributed by atoms with E-state index in [0.717, 1.165) is 50.5 Å². The van der Waals surface area contributed by atoms with E-state index < -0.39 is 17.7 Å². The van der Waals surface area contributed by atoms with Gasteiger partial charge in [0.05, 0.1) is 12.0 Å². The van der Waals surface area contributed by atoms with Crippen LogP contribution in [0.25, 0.3) is 10.8 Å². The second-order valence-electron chi connectivity index (χ2n) is 11.8. The van der Waals surface area contributed by atoms with Crippen molar-refractivity contribution in [2.24, 2.45) is 17.8 Å². The molecule has 2 aromatic rings. The molecule has 202 valence electrons. The lowest BCUT2D eigenvalue weighted by atomic mass is 9.78. The van der Waals surface area contributed by atoms with Gasteiger partial charge in [-0.25, -0.2) is 0 Å². The number of rotatable bonds is 6. The Morgan fingerprint density at radius 3 is 2.27 bits per heavy atom. The molecule has 2 saturated heterocycles. The van der Waals surface area contributed by atoms with Crippen molar-refractivity contribution in [2.75, 3.05) is 0 Å². The summed E-state index contributed by atoms with van der Waals surface area (Å²) in [6.45, 7) is 4.95. The van der Waals surface area contributed by atoms with Crippen LogP contribution in [0.2, 0.25) is 0 Å². The van der Waals surface area contributed by atoms with E-state index in [2.05, 4.69) is 18.7 Å². The van der Waals surface area contributed by atoms with Crippen LogP contribution in [0.4, 0.5) is 13.2 Å². The number of halogens is 3. The highest BCUT2D eigenvalue weighted by Gasteiger charge is 2.41. The fourth-order valence-corrected chi connectivity index (χ4v) is 7.04. The van der Waals surface area contributed by atoms with Crippen LogP contribution in [0.15, 0.2) is 30.3 Å². The third-order valence-electron chi connectivity index (χ3n) is 9.13. The molecule has 37 heavy (non-hydrogen) atoms. The van der Waals surface area contributed by atoms with Crippen LogP contribution in [0.3, 0.4) is 0 Å². The lowest BCUT2D eigenvalue weighted by Crippen LogP contribution is -2.52. The summed E-state index contributed by atoms with van der Waals surface area (Å²) in [7, 11) is 0. The number of carboxylic acids is 1. The van der Waals surface area contributed by atoms with Crippen molar-refractivity contribution in [1.82, 2.24) is 4.90 Å². The van der Waals surface area contributed by atoms with Crippen molar-refractivity contribution in [3.63, 3.8) is 0 Å². The molecule has 3 fully saturated rings. The van der Waals surface area contributed by atoms with Crippen molar-refractivity contribution in [3.05, 3.63) is 41.5 Å².